The maximum Gasteiger partial charge on any atom is 0.251 e. The zero-order chi connectivity index (χ0) is 19.6. The van der Waals surface area contributed by atoms with Crippen molar-refractivity contribution in [3.63, 3.8) is 0 Å². The van der Waals surface area contributed by atoms with E-state index in [1.54, 1.807) is 18.2 Å². The van der Waals surface area contributed by atoms with E-state index in [0.717, 1.165) is 24.0 Å². The van der Waals surface area contributed by atoms with Crippen LogP contribution in [0.15, 0.2) is 47.4 Å². The molecule has 3 rings (SSSR count). The van der Waals surface area contributed by atoms with Crippen LogP contribution in [-0.4, -0.2) is 31.7 Å². The van der Waals surface area contributed by atoms with Gasteiger partial charge in [0.15, 0.2) is 0 Å². The van der Waals surface area contributed by atoms with Gasteiger partial charge in [-0.15, -0.1) is 0 Å². The lowest BCUT2D eigenvalue weighted by Gasteiger charge is -2.18. The van der Waals surface area contributed by atoms with Gasteiger partial charge in [0.2, 0.25) is 10.0 Å². The van der Waals surface area contributed by atoms with Gasteiger partial charge in [-0.2, -0.15) is 4.31 Å². The van der Waals surface area contributed by atoms with Crippen LogP contribution in [0.25, 0.3) is 0 Å². The molecule has 1 aliphatic heterocycles. The van der Waals surface area contributed by atoms with E-state index >= 15 is 0 Å². The number of carbonyl (C=O) groups excluding carboxylic acids is 1. The van der Waals surface area contributed by atoms with Crippen LogP contribution >= 0.6 is 0 Å². The van der Waals surface area contributed by atoms with Crippen molar-refractivity contribution in [2.24, 2.45) is 0 Å². The van der Waals surface area contributed by atoms with Crippen molar-refractivity contribution >= 4 is 15.9 Å². The van der Waals surface area contributed by atoms with Gasteiger partial charge in [-0.1, -0.05) is 29.8 Å². The fraction of sp³-hybridized carbons (Fsp3) is 0.381. The summed E-state index contributed by atoms with van der Waals surface area (Å²) in [7, 11) is -3.53. The van der Waals surface area contributed by atoms with Crippen molar-refractivity contribution in [3.05, 3.63) is 64.7 Å². The van der Waals surface area contributed by atoms with Gasteiger partial charge in [-0.25, -0.2) is 8.42 Å². The highest BCUT2D eigenvalue weighted by atomic mass is 32.2. The second kappa shape index (κ2) is 7.82. The molecule has 0 saturated carbocycles. The summed E-state index contributed by atoms with van der Waals surface area (Å²) >= 11 is 0. The van der Waals surface area contributed by atoms with Crippen molar-refractivity contribution in [2.45, 2.75) is 44.6 Å². The molecule has 5 nitrogen and oxygen atoms in total. The molecule has 0 spiro atoms. The lowest BCUT2D eigenvalue weighted by molar-refractivity contribution is 0.0939. The molecule has 1 fully saturated rings. The molecule has 0 aliphatic carbocycles. The van der Waals surface area contributed by atoms with Crippen LogP contribution in [0, 0.1) is 13.8 Å². The van der Waals surface area contributed by atoms with Crippen LogP contribution in [0.3, 0.4) is 0 Å². The molecule has 2 aromatic carbocycles. The first-order chi connectivity index (χ1) is 12.8. The standard InChI is InChI=1S/C21H26N2O3S/c1-15-9-10-20(16(2)13-15)17(3)22-21(24)18-7-6-8-19(14-18)27(25,26)23-11-4-5-12-23/h6-10,13-14,17H,4-5,11-12H2,1-3H3,(H,22,24)/t17-/m1/s1. The summed E-state index contributed by atoms with van der Waals surface area (Å²) < 4.78 is 26.9. The minimum atomic E-state index is -3.53. The lowest BCUT2D eigenvalue weighted by atomic mass is 10.00. The van der Waals surface area contributed by atoms with Crippen LogP contribution in [-0.2, 0) is 10.0 Å². The second-order valence-corrected chi connectivity index (χ2v) is 9.13. The van der Waals surface area contributed by atoms with Crippen LogP contribution < -0.4 is 5.32 Å². The fourth-order valence-corrected chi connectivity index (χ4v) is 5.11. The van der Waals surface area contributed by atoms with Crippen LogP contribution in [0.1, 0.15) is 52.9 Å². The number of rotatable bonds is 5. The smallest absolute Gasteiger partial charge is 0.251 e. The number of aryl methyl sites for hydroxylation is 2. The predicted octanol–water partition coefficient (Wildman–Crippen LogP) is 3.58. The molecule has 144 valence electrons. The topological polar surface area (TPSA) is 66.5 Å². The number of nitrogens with one attached hydrogen (secondary N) is 1. The van der Waals surface area contributed by atoms with Gasteiger partial charge in [-0.3, -0.25) is 4.79 Å². The van der Waals surface area contributed by atoms with Crippen molar-refractivity contribution in [1.29, 1.82) is 0 Å². The number of sulfonamides is 1. The third kappa shape index (κ3) is 4.22. The third-order valence-electron chi connectivity index (χ3n) is 5.04. The molecular formula is C21H26N2O3S. The summed E-state index contributed by atoms with van der Waals surface area (Å²) in [6, 6.07) is 12.2. The average molecular weight is 387 g/mol. The molecule has 1 amide bonds. The monoisotopic (exact) mass is 386 g/mol. The van der Waals surface area contributed by atoms with E-state index in [9.17, 15) is 13.2 Å². The average Bonchev–Trinajstić information content (AvgIpc) is 3.17. The summed E-state index contributed by atoms with van der Waals surface area (Å²) in [4.78, 5) is 12.9. The van der Waals surface area contributed by atoms with Gasteiger partial charge >= 0.3 is 0 Å². The molecule has 2 aromatic rings. The minimum Gasteiger partial charge on any atom is -0.346 e. The molecule has 0 aromatic heterocycles. The highest BCUT2D eigenvalue weighted by Crippen LogP contribution is 2.23. The van der Waals surface area contributed by atoms with Gasteiger partial charge in [-0.05, 0) is 62.9 Å². The highest BCUT2D eigenvalue weighted by molar-refractivity contribution is 7.89. The predicted molar refractivity (Wildman–Crippen MR) is 106 cm³/mol. The Balaban J connectivity index is 1.79. The zero-order valence-corrected chi connectivity index (χ0v) is 16.8. The van der Waals surface area contributed by atoms with E-state index in [1.165, 1.54) is 15.9 Å². The Morgan fingerprint density at radius 2 is 1.78 bits per heavy atom. The van der Waals surface area contributed by atoms with Crippen molar-refractivity contribution in [1.82, 2.24) is 9.62 Å². The van der Waals surface area contributed by atoms with Crippen molar-refractivity contribution in [3.8, 4) is 0 Å². The molecule has 1 heterocycles. The van der Waals surface area contributed by atoms with Crippen LogP contribution in [0.2, 0.25) is 0 Å². The minimum absolute atomic E-state index is 0.169. The fourth-order valence-electron chi connectivity index (χ4n) is 3.54. The molecule has 1 aliphatic rings. The molecule has 1 atom stereocenters. The number of benzene rings is 2. The highest BCUT2D eigenvalue weighted by Gasteiger charge is 2.27. The lowest BCUT2D eigenvalue weighted by Crippen LogP contribution is -2.29. The molecule has 1 saturated heterocycles. The first-order valence-electron chi connectivity index (χ1n) is 9.27. The number of hydrogen-bond acceptors (Lipinski definition) is 3. The Kier molecular flexibility index (Phi) is 5.67. The molecule has 27 heavy (non-hydrogen) atoms. The largest absolute Gasteiger partial charge is 0.346 e. The maximum atomic E-state index is 12.7. The van der Waals surface area contributed by atoms with Gasteiger partial charge < -0.3 is 5.32 Å². The van der Waals surface area contributed by atoms with E-state index in [2.05, 4.69) is 11.4 Å². The van der Waals surface area contributed by atoms with Gasteiger partial charge in [0.05, 0.1) is 10.9 Å². The first-order valence-corrected chi connectivity index (χ1v) is 10.7. The van der Waals surface area contributed by atoms with Gasteiger partial charge in [0, 0.05) is 18.7 Å². The van der Waals surface area contributed by atoms with E-state index in [4.69, 9.17) is 0 Å². The number of amides is 1. The summed E-state index contributed by atoms with van der Waals surface area (Å²) in [6.07, 6.45) is 1.76. The maximum absolute atomic E-state index is 12.7. The zero-order valence-electron chi connectivity index (χ0n) is 16.0. The van der Waals surface area contributed by atoms with Gasteiger partial charge in [0.1, 0.15) is 0 Å². The summed E-state index contributed by atoms with van der Waals surface area (Å²) in [5.41, 5.74) is 3.70. The molecule has 0 bridgehead atoms. The number of nitrogens with zero attached hydrogens (tertiary/aromatic N) is 1. The molecule has 1 N–H and O–H groups in total. The first kappa shape index (κ1) is 19.6. The Morgan fingerprint density at radius 1 is 1.07 bits per heavy atom. The summed E-state index contributed by atoms with van der Waals surface area (Å²) in [6.45, 7) is 7.08. The Hall–Kier alpha value is -2.18. The van der Waals surface area contributed by atoms with E-state index in [0.29, 0.717) is 18.7 Å². The van der Waals surface area contributed by atoms with Crippen molar-refractivity contribution in [2.75, 3.05) is 13.1 Å². The second-order valence-electron chi connectivity index (χ2n) is 7.19. The van der Waals surface area contributed by atoms with E-state index < -0.39 is 10.0 Å². The Bertz CT molecular complexity index is 948. The molecule has 6 heteroatoms. The van der Waals surface area contributed by atoms with E-state index in [-0.39, 0.29) is 16.8 Å². The quantitative estimate of drug-likeness (QED) is 0.854. The third-order valence-corrected chi connectivity index (χ3v) is 6.93. The van der Waals surface area contributed by atoms with E-state index in [1.807, 2.05) is 32.9 Å². The number of carbonyl (C=O) groups is 1. The summed E-state index contributed by atoms with van der Waals surface area (Å²) in [5.74, 6) is -0.277. The molecule has 0 unspecified atom stereocenters. The van der Waals surface area contributed by atoms with Crippen molar-refractivity contribution < 1.29 is 13.2 Å². The van der Waals surface area contributed by atoms with Crippen LogP contribution in [0.5, 0.6) is 0 Å². The SMILES string of the molecule is Cc1ccc([C@@H](C)NC(=O)c2cccc(S(=O)(=O)N3CCCC3)c2)c(C)c1. The molecular weight excluding hydrogens is 360 g/mol. The normalized spacial score (nSPS) is 16.3. The molecule has 0 radical (unpaired) electrons. The van der Waals surface area contributed by atoms with Crippen LogP contribution in [0.4, 0.5) is 0 Å². The number of hydrogen-bond donors (Lipinski definition) is 1. The van der Waals surface area contributed by atoms with Gasteiger partial charge in [0.25, 0.3) is 5.91 Å². The Labute approximate surface area is 161 Å². The summed E-state index contributed by atoms with van der Waals surface area (Å²) in [5, 5.41) is 2.97. The Morgan fingerprint density at radius 3 is 2.44 bits per heavy atom.